The Hall–Kier alpha value is -1.24. The van der Waals surface area contributed by atoms with Crippen molar-refractivity contribution in [1.82, 2.24) is 15.0 Å². The van der Waals surface area contributed by atoms with E-state index in [1.165, 1.54) is 18.6 Å². The Morgan fingerprint density at radius 3 is 2.50 bits per heavy atom. The van der Waals surface area contributed by atoms with Crippen LogP contribution in [0.2, 0.25) is 0 Å². The van der Waals surface area contributed by atoms with E-state index in [1.807, 2.05) is 25.6 Å². The van der Waals surface area contributed by atoms with Crippen LogP contribution in [0.15, 0.2) is 0 Å². The van der Waals surface area contributed by atoms with Gasteiger partial charge in [-0.15, -0.1) is 0 Å². The van der Waals surface area contributed by atoms with Crippen LogP contribution in [0.25, 0.3) is 0 Å². The molecule has 0 aliphatic heterocycles. The normalized spacial score (nSPS) is 10.7. The van der Waals surface area contributed by atoms with Crippen molar-refractivity contribution in [2.45, 2.75) is 39.2 Å². The Morgan fingerprint density at radius 2 is 1.85 bits per heavy atom. The summed E-state index contributed by atoms with van der Waals surface area (Å²) in [5.74, 6) is 2.30. The highest BCUT2D eigenvalue weighted by Crippen LogP contribution is 2.12. The maximum Gasteiger partial charge on any atom is 0.323 e. The smallest absolute Gasteiger partial charge is 0.323 e. The molecule has 0 spiro atoms. The summed E-state index contributed by atoms with van der Waals surface area (Å²) in [6.45, 7) is 4.76. The number of ether oxygens (including phenoxy) is 1. The third kappa shape index (κ3) is 6.79. The topological polar surface area (TPSA) is 72.0 Å². The fraction of sp³-hybridized carbons (Fsp3) is 0.769. The van der Waals surface area contributed by atoms with Gasteiger partial charge in [0.1, 0.15) is 0 Å². The zero-order valence-electron chi connectivity index (χ0n) is 12.8. The Morgan fingerprint density at radius 1 is 1.10 bits per heavy atom. The molecule has 114 valence electrons. The summed E-state index contributed by atoms with van der Waals surface area (Å²) < 4.78 is 5.51. The van der Waals surface area contributed by atoms with Gasteiger partial charge in [-0.25, -0.2) is 0 Å². The average Bonchev–Trinajstić information content (AvgIpc) is 2.41. The largest absolute Gasteiger partial charge is 0.461 e. The Balaban J connectivity index is 2.47. The van der Waals surface area contributed by atoms with Crippen molar-refractivity contribution in [3.63, 3.8) is 0 Å². The molecule has 0 fully saturated rings. The maximum atomic E-state index is 5.51. The van der Waals surface area contributed by atoms with Gasteiger partial charge in [0.05, 0.1) is 6.10 Å². The summed E-state index contributed by atoms with van der Waals surface area (Å²) in [6, 6.07) is 0.351. The lowest BCUT2D eigenvalue weighted by atomic mass is 10.2. The monoisotopic (exact) mass is 299 g/mol. The maximum absolute atomic E-state index is 5.51. The molecule has 0 saturated heterocycles. The molecule has 1 heterocycles. The first-order valence-electron chi connectivity index (χ1n) is 6.99. The van der Waals surface area contributed by atoms with E-state index in [-0.39, 0.29) is 6.10 Å². The molecule has 0 unspecified atom stereocenters. The van der Waals surface area contributed by atoms with Gasteiger partial charge in [0, 0.05) is 13.6 Å². The van der Waals surface area contributed by atoms with Crippen molar-refractivity contribution >= 4 is 23.7 Å². The van der Waals surface area contributed by atoms with Gasteiger partial charge in [-0.2, -0.15) is 26.7 Å². The van der Waals surface area contributed by atoms with Crippen molar-refractivity contribution in [1.29, 1.82) is 0 Å². The Labute approximate surface area is 125 Å². The minimum Gasteiger partial charge on any atom is -0.461 e. The molecule has 0 atom stereocenters. The Kier molecular flexibility index (Phi) is 8.10. The molecule has 1 rings (SSSR count). The van der Waals surface area contributed by atoms with E-state index >= 15 is 0 Å². The van der Waals surface area contributed by atoms with Crippen LogP contribution in [0.5, 0.6) is 6.01 Å². The zero-order valence-corrected chi connectivity index (χ0v) is 13.6. The van der Waals surface area contributed by atoms with Crippen molar-refractivity contribution in [3.8, 4) is 6.01 Å². The average molecular weight is 299 g/mol. The van der Waals surface area contributed by atoms with E-state index in [4.69, 9.17) is 4.74 Å². The van der Waals surface area contributed by atoms with Crippen LogP contribution in [0.3, 0.4) is 0 Å². The quantitative estimate of drug-likeness (QED) is 0.643. The lowest BCUT2D eigenvalue weighted by Crippen LogP contribution is -2.13. The fourth-order valence-corrected chi connectivity index (χ4v) is 2.05. The van der Waals surface area contributed by atoms with E-state index in [2.05, 4.69) is 31.8 Å². The lowest BCUT2D eigenvalue weighted by Gasteiger charge is -2.11. The molecule has 20 heavy (non-hydrogen) atoms. The van der Waals surface area contributed by atoms with Crippen LogP contribution in [-0.2, 0) is 0 Å². The predicted molar refractivity (Wildman–Crippen MR) is 85.9 cm³/mol. The number of thioether (sulfide) groups is 1. The molecule has 0 aliphatic carbocycles. The molecule has 7 heteroatoms. The molecule has 0 saturated carbocycles. The molecule has 0 amide bonds. The van der Waals surface area contributed by atoms with Crippen LogP contribution in [0.4, 0.5) is 11.9 Å². The van der Waals surface area contributed by atoms with Gasteiger partial charge >= 0.3 is 6.01 Å². The highest BCUT2D eigenvalue weighted by atomic mass is 32.2. The van der Waals surface area contributed by atoms with Crippen LogP contribution >= 0.6 is 11.8 Å². The predicted octanol–water partition coefficient (Wildman–Crippen LogP) is 2.65. The summed E-state index contributed by atoms with van der Waals surface area (Å²) in [5, 5.41) is 6.14. The minimum absolute atomic E-state index is 0.0431. The number of unbranched alkanes of at least 4 members (excludes halogenated alkanes) is 2. The second kappa shape index (κ2) is 9.63. The van der Waals surface area contributed by atoms with Crippen molar-refractivity contribution in [2.24, 2.45) is 0 Å². The van der Waals surface area contributed by atoms with Gasteiger partial charge in [-0.3, -0.25) is 0 Å². The summed E-state index contributed by atoms with van der Waals surface area (Å²) in [7, 11) is 1.78. The Bertz CT molecular complexity index is 389. The van der Waals surface area contributed by atoms with Gasteiger partial charge in [-0.1, -0.05) is 6.42 Å². The second-order valence-corrected chi connectivity index (χ2v) is 5.65. The molecule has 1 aromatic rings. The van der Waals surface area contributed by atoms with Gasteiger partial charge in [-0.05, 0) is 38.7 Å². The highest BCUT2D eigenvalue weighted by Gasteiger charge is 2.07. The molecule has 0 aromatic carbocycles. The van der Waals surface area contributed by atoms with Crippen molar-refractivity contribution < 1.29 is 4.74 Å². The first kappa shape index (κ1) is 16.8. The molecule has 0 radical (unpaired) electrons. The minimum atomic E-state index is 0.0431. The molecule has 1 aromatic heterocycles. The molecule has 2 N–H and O–H groups in total. The van der Waals surface area contributed by atoms with Crippen LogP contribution < -0.4 is 15.4 Å². The van der Waals surface area contributed by atoms with Crippen molar-refractivity contribution in [2.75, 3.05) is 36.2 Å². The standard InChI is InChI=1S/C13H25N5OS/c1-10(2)19-13-17-11(14-3)16-12(18-13)15-8-6-5-7-9-20-4/h10H,5-9H2,1-4H3,(H2,14,15,16,17,18). The first-order chi connectivity index (χ1) is 9.65. The molecule has 0 aliphatic rings. The number of rotatable bonds is 10. The number of aromatic nitrogens is 3. The second-order valence-electron chi connectivity index (χ2n) is 4.66. The van der Waals surface area contributed by atoms with E-state index in [0.717, 1.165) is 13.0 Å². The SMILES string of the molecule is CNc1nc(NCCCCCSC)nc(OC(C)C)n1. The number of nitrogens with zero attached hydrogens (tertiary/aromatic N) is 3. The fourth-order valence-electron chi connectivity index (χ4n) is 1.56. The van der Waals surface area contributed by atoms with Crippen LogP contribution in [0, 0.1) is 0 Å². The third-order valence-electron chi connectivity index (χ3n) is 2.49. The molecular weight excluding hydrogens is 274 g/mol. The molecule has 0 bridgehead atoms. The third-order valence-corrected chi connectivity index (χ3v) is 3.18. The van der Waals surface area contributed by atoms with Crippen molar-refractivity contribution in [3.05, 3.63) is 0 Å². The van der Waals surface area contributed by atoms with E-state index in [9.17, 15) is 0 Å². The van der Waals surface area contributed by atoms with E-state index in [0.29, 0.717) is 17.9 Å². The summed E-state index contributed by atoms with van der Waals surface area (Å²) >= 11 is 1.89. The highest BCUT2D eigenvalue weighted by molar-refractivity contribution is 7.98. The van der Waals surface area contributed by atoms with E-state index < -0.39 is 0 Å². The van der Waals surface area contributed by atoms with E-state index in [1.54, 1.807) is 7.05 Å². The number of nitrogens with one attached hydrogen (secondary N) is 2. The number of hydrogen-bond donors (Lipinski definition) is 2. The van der Waals surface area contributed by atoms with Gasteiger partial charge < -0.3 is 15.4 Å². The van der Waals surface area contributed by atoms with Gasteiger partial charge in [0.15, 0.2) is 0 Å². The summed E-state index contributed by atoms with van der Waals surface area (Å²) in [4.78, 5) is 12.7. The number of anilines is 2. The summed E-state index contributed by atoms with van der Waals surface area (Å²) in [6.07, 6.45) is 5.76. The zero-order chi connectivity index (χ0) is 14.8. The molecule has 6 nitrogen and oxygen atoms in total. The first-order valence-corrected chi connectivity index (χ1v) is 8.38. The van der Waals surface area contributed by atoms with Crippen LogP contribution in [0.1, 0.15) is 33.1 Å². The van der Waals surface area contributed by atoms with Gasteiger partial charge in [0.2, 0.25) is 11.9 Å². The van der Waals surface area contributed by atoms with Crippen LogP contribution in [-0.4, -0.2) is 46.7 Å². The lowest BCUT2D eigenvalue weighted by molar-refractivity contribution is 0.222. The molecular formula is C13H25N5OS. The van der Waals surface area contributed by atoms with Gasteiger partial charge in [0.25, 0.3) is 0 Å². The number of hydrogen-bond acceptors (Lipinski definition) is 7. The summed E-state index contributed by atoms with van der Waals surface area (Å²) in [5.41, 5.74) is 0.